The van der Waals surface area contributed by atoms with Gasteiger partial charge in [0.25, 0.3) is 0 Å². The molecule has 2 aliphatic heterocycles. The van der Waals surface area contributed by atoms with Gasteiger partial charge in [0.2, 0.25) is 0 Å². The average molecular weight is 276 g/mol. The summed E-state index contributed by atoms with van der Waals surface area (Å²) in [6.45, 7) is 2.28. The Morgan fingerprint density at radius 1 is 1.00 bits per heavy atom. The zero-order valence-corrected chi connectivity index (χ0v) is 11.7. The first-order valence-corrected chi connectivity index (χ1v) is 7.58. The Labute approximate surface area is 123 Å². The molecule has 1 aromatic heterocycles. The molecule has 4 nitrogen and oxygen atoms in total. The largest absolute Gasteiger partial charge is 0.371 e. The number of nitrogens with zero attached hydrogens (tertiary/aromatic N) is 4. The SMILES string of the molecule is c1cc2c3c(c1)C(n1nnc4ccccc41)CCN3CC2. The highest BCUT2D eigenvalue weighted by Crippen LogP contribution is 2.42. The van der Waals surface area contributed by atoms with E-state index in [9.17, 15) is 0 Å². The quantitative estimate of drug-likeness (QED) is 0.685. The summed E-state index contributed by atoms with van der Waals surface area (Å²) in [5, 5.41) is 8.76. The monoisotopic (exact) mass is 276 g/mol. The lowest BCUT2D eigenvalue weighted by Crippen LogP contribution is -2.31. The molecule has 0 saturated heterocycles. The van der Waals surface area contributed by atoms with Crippen LogP contribution in [0.15, 0.2) is 42.5 Å². The minimum atomic E-state index is 0.307. The van der Waals surface area contributed by atoms with E-state index in [0.717, 1.165) is 30.5 Å². The highest BCUT2D eigenvalue weighted by Gasteiger charge is 2.32. The van der Waals surface area contributed by atoms with Gasteiger partial charge in [-0.2, -0.15) is 0 Å². The molecular formula is C17H16N4. The van der Waals surface area contributed by atoms with E-state index in [1.165, 1.54) is 23.2 Å². The smallest absolute Gasteiger partial charge is 0.113 e. The molecule has 104 valence electrons. The van der Waals surface area contributed by atoms with Gasteiger partial charge in [0.15, 0.2) is 0 Å². The summed E-state index contributed by atoms with van der Waals surface area (Å²) in [4.78, 5) is 2.53. The maximum Gasteiger partial charge on any atom is 0.113 e. The van der Waals surface area contributed by atoms with Crippen molar-refractivity contribution in [3.8, 4) is 0 Å². The second-order valence-electron chi connectivity index (χ2n) is 5.92. The fourth-order valence-corrected chi connectivity index (χ4v) is 3.86. The average Bonchev–Trinajstić information content (AvgIpc) is 3.14. The van der Waals surface area contributed by atoms with Crippen LogP contribution in [0.5, 0.6) is 0 Å². The minimum Gasteiger partial charge on any atom is -0.371 e. The first-order chi connectivity index (χ1) is 10.4. The topological polar surface area (TPSA) is 34.0 Å². The van der Waals surface area contributed by atoms with Gasteiger partial charge < -0.3 is 4.90 Å². The van der Waals surface area contributed by atoms with Crippen molar-refractivity contribution in [3.05, 3.63) is 53.6 Å². The van der Waals surface area contributed by atoms with Crippen molar-refractivity contribution < 1.29 is 0 Å². The lowest BCUT2D eigenvalue weighted by molar-refractivity contribution is 0.473. The van der Waals surface area contributed by atoms with Crippen LogP contribution in [0, 0.1) is 0 Å². The Balaban J connectivity index is 1.72. The lowest BCUT2D eigenvalue weighted by Gasteiger charge is -2.33. The Morgan fingerprint density at radius 2 is 1.95 bits per heavy atom. The van der Waals surface area contributed by atoms with E-state index < -0.39 is 0 Å². The van der Waals surface area contributed by atoms with E-state index in [0.29, 0.717) is 6.04 Å². The van der Waals surface area contributed by atoms with Gasteiger partial charge in [-0.3, -0.25) is 0 Å². The Morgan fingerprint density at radius 3 is 2.95 bits per heavy atom. The third-order valence-corrected chi connectivity index (χ3v) is 4.82. The van der Waals surface area contributed by atoms with E-state index in [4.69, 9.17) is 0 Å². The molecule has 0 fully saturated rings. The molecule has 3 heterocycles. The highest BCUT2D eigenvalue weighted by atomic mass is 15.4. The zero-order valence-electron chi connectivity index (χ0n) is 11.7. The normalized spacial score (nSPS) is 20.0. The molecule has 21 heavy (non-hydrogen) atoms. The summed E-state index contributed by atoms with van der Waals surface area (Å²) in [5.41, 5.74) is 6.46. The molecule has 5 rings (SSSR count). The van der Waals surface area contributed by atoms with Gasteiger partial charge in [0.1, 0.15) is 5.52 Å². The molecule has 3 aromatic rings. The van der Waals surface area contributed by atoms with Crippen molar-refractivity contribution in [3.63, 3.8) is 0 Å². The van der Waals surface area contributed by atoms with Crippen molar-refractivity contribution >= 4 is 16.7 Å². The second kappa shape index (κ2) is 4.07. The van der Waals surface area contributed by atoms with E-state index >= 15 is 0 Å². The number of benzene rings is 2. The van der Waals surface area contributed by atoms with Gasteiger partial charge in [-0.05, 0) is 30.5 Å². The highest BCUT2D eigenvalue weighted by molar-refractivity contribution is 5.75. The molecule has 4 heteroatoms. The van der Waals surface area contributed by atoms with Crippen molar-refractivity contribution in [2.24, 2.45) is 0 Å². The van der Waals surface area contributed by atoms with Gasteiger partial charge in [0, 0.05) is 24.3 Å². The van der Waals surface area contributed by atoms with E-state index in [1.807, 2.05) is 12.1 Å². The van der Waals surface area contributed by atoms with Crippen LogP contribution in [0.1, 0.15) is 23.6 Å². The summed E-state index contributed by atoms with van der Waals surface area (Å²) < 4.78 is 2.11. The first-order valence-electron chi connectivity index (χ1n) is 7.58. The maximum atomic E-state index is 4.44. The minimum absolute atomic E-state index is 0.307. The number of aromatic nitrogens is 3. The fourth-order valence-electron chi connectivity index (χ4n) is 3.86. The maximum absolute atomic E-state index is 4.44. The second-order valence-corrected chi connectivity index (χ2v) is 5.92. The summed E-state index contributed by atoms with van der Waals surface area (Å²) in [7, 11) is 0. The van der Waals surface area contributed by atoms with Crippen LogP contribution in [-0.4, -0.2) is 28.1 Å². The third-order valence-electron chi connectivity index (χ3n) is 4.82. The zero-order chi connectivity index (χ0) is 13.8. The predicted octanol–water partition coefficient (Wildman–Crippen LogP) is 2.79. The van der Waals surface area contributed by atoms with Crippen LogP contribution in [-0.2, 0) is 6.42 Å². The predicted molar refractivity (Wildman–Crippen MR) is 82.6 cm³/mol. The van der Waals surface area contributed by atoms with E-state index in [-0.39, 0.29) is 0 Å². The molecule has 0 N–H and O–H groups in total. The first kappa shape index (κ1) is 11.3. The van der Waals surface area contributed by atoms with Gasteiger partial charge in [-0.15, -0.1) is 5.10 Å². The van der Waals surface area contributed by atoms with Crippen molar-refractivity contribution in [2.45, 2.75) is 18.9 Å². The number of fused-ring (bicyclic) bond motifs is 1. The van der Waals surface area contributed by atoms with Crippen LogP contribution in [0.4, 0.5) is 5.69 Å². The molecule has 0 bridgehead atoms. The van der Waals surface area contributed by atoms with Crippen LogP contribution < -0.4 is 4.90 Å². The van der Waals surface area contributed by atoms with Gasteiger partial charge >= 0.3 is 0 Å². The number of hydrogen-bond acceptors (Lipinski definition) is 3. The van der Waals surface area contributed by atoms with Gasteiger partial charge in [-0.1, -0.05) is 35.5 Å². The molecule has 2 aromatic carbocycles. The van der Waals surface area contributed by atoms with Crippen LogP contribution in [0.3, 0.4) is 0 Å². The number of para-hydroxylation sites is 2. The number of anilines is 1. The molecule has 0 aliphatic carbocycles. The molecule has 0 amide bonds. The van der Waals surface area contributed by atoms with Crippen LogP contribution in [0.2, 0.25) is 0 Å². The molecule has 0 spiro atoms. The summed E-state index contributed by atoms with van der Waals surface area (Å²) in [5.74, 6) is 0. The Kier molecular flexibility index (Phi) is 2.19. The molecule has 1 unspecified atom stereocenters. The molecule has 0 saturated carbocycles. The number of hydrogen-bond donors (Lipinski definition) is 0. The molecule has 1 atom stereocenters. The van der Waals surface area contributed by atoms with Crippen molar-refractivity contribution in [1.29, 1.82) is 0 Å². The van der Waals surface area contributed by atoms with E-state index in [1.54, 1.807) is 0 Å². The van der Waals surface area contributed by atoms with E-state index in [2.05, 4.69) is 50.2 Å². The van der Waals surface area contributed by atoms with Crippen molar-refractivity contribution in [2.75, 3.05) is 18.0 Å². The fraction of sp³-hybridized carbons (Fsp3) is 0.294. The number of rotatable bonds is 1. The lowest BCUT2D eigenvalue weighted by atomic mass is 9.95. The summed E-state index contributed by atoms with van der Waals surface area (Å²) in [6, 6.07) is 15.2. The van der Waals surface area contributed by atoms with Gasteiger partial charge in [-0.25, -0.2) is 4.68 Å². The third kappa shape index (κ3) is 1.50. The summed E-state index contributed by atoms with van der Waals surface area (Å²) >= 11 is 0. The van der Waals surface area contributed by atoms with Crippen molar-refractivity contribution in [1.82, 2.24) is 15.0 Å². The van der Waals surface area contributed by atoms with Crippen LogP contribution in [0.25, 0.3) is 11.0 Å². The molecule has 0 radical (unpaired) electrons. The Hall–Kier alpha value is -2.36. The molecule has 2 aliphatic rings. The summed E-state index contributed by atoms with van der Waals surface area (Å²) in [6.07, 6.45) is 2.28. The standard InChI is InChI=1S/C17H16N4/c1-2-7-16-14(6-1)18-19-21(16)15-9-11-20-10-8-12-4-3-5-13(15)17(12)20/h1-7,15H,8-11H2. The van der Waals surface area contributed by atoms with Crippen LogP contribution >= 0.6 is 0 Å². The Bertz CT molecular complexity index is 836. The van der Waals surface area contributed by atoms with Gasteiger partial charge in [0.05, 0.1) is 11.6 Å². The molecular weight excluding hydrogens is 260 g/mol.